The predicted molar refractivity (Wildman–Crippen MR) is 238 cm³/mol. The first-order chi connectivity index (χ1) is 27.3. The van der Waals surface area contributed by atoms with E-state index >= 15 is 0 Å². The van der Waals surface area contributed by atoms with Gasteiger partial charge in [-0.05, 0) is 72.6 Å². The van der Waals surface area contributed by atoms with Crippen molar-refractivity contribution in [1.82, 2.24) is 25.8 Å². The van der Waals surface area contributed by atoms with Crippen LogP contribution in [0.2, 0.25) is 0 Å². The number of ether oxygens (including phenoxy) is 1. The molecule has 0 radical (unpaired) electrons. The SMILES string of the molecule is C/C=C(\C)CC(C)/C=C/C=C(\C)C(=O)OCC(=O)NC(C)C(=O)N(C)CC(=O)N(C)CC(=O)NC(C(=O)N[C@H](C)C(=O)O)C(C)CC.C=C(C)/C=C\C.CC.CC(C)C. The van der Waals surface area contributed by atoms with Crippen molar-refractivity contribution in [1.29, 1.82) is 0 Å². The fourth-order valence-corrected chi connectivity index (χ4v) is 4.35. The van der Waals surface area contributed by atoms with Crippen LogP contribution in [-0.4, -0.2) is 108 Å². The molecule has 0 heterocycles. The van der Waals surface area contributed by atoms with Crippen LogP contribution in [0.15, 0.2) is 59.8 Å². The van der Waals surface area contributed by atoms with Gasteiger partial charge in [-0.2, -0.15) is 0 Å². The number of aliphatic carboxylic acids is 1. The summed E-state index contributed by atoms with van der Waals surface area (Å²) in [5, 5.41) is 16.4. The summed E-state index contributed by atoms with van der Waals surface area (Å²) in [6, 6.07) is -3.22. The van der Waals surface area contributed by atoms with Crippen LogP contribution in [-0.2, 0) is 38.3 Å². The van der Waals surface area contributed by atoms with Gasteiger partial charge >= 0.3 is 11.9 Å². The maximum atomic E-state index is 12.8. The van der Waals surface area contributed by atoms with Gasteiger partial charge < -0.3 is 35.6 Å². The number of carbonyl (C=O) groups excluding carboxylic acids is 6. The number of carbonyl (C=O) groups is 7. The van der Waals surface area contributed by atoms with Gasteiger partial charge in [0.05, 0.1) is 13.1 Å². The topological polar surface area (TPSA) is 192 Å². The van der Waals surface area contributed by atoms with Crippen molar-refractivity contribution >= 4 is 41.5 Å². The number of esters is 1. The van der Waals surface area contributed by atoms with E-state index in [1.54, 1.807) is 26.0 Å². The number of hydrogen-bond donors (Lipinski definition) is 4. The standard InChI is InChI=1S/C33H53N5O9.C6H10.C4H10.C2H6/c1-11-20(3)16-21(4)14-13-15-23(6)33(46)47-19-27(40)34-24(7)31(43)38(10)18-28(41)37(9)17-26(39)36-29(22(5)12-2)30(42)35-25(8)32(44)45;1-4-5-6(2)3;1-4(2)3;1-2/h11,13-15,21-22,24-25,29H,12,16-19H2,1-10H3,(H,34,40)(H,35,42)(H,36,39)(H,44,45);4-5H,2H2,1,3H3;4H,1-3H3;1-2H3/b14-13+,20-11+,23-15+;5-4-;;/t21?,22?,24?,25-,29?;;;/m1.../s1. The summed E-state index contributed by atoms with van der Waals surface area (Å²) in [6.45, 7) is 30.6. The molecule has 0 fully saturated rings. The molecule has 0 saturated heterocycles. The summed E-state index contributed by atoms with van der Waals surface area (Å²) in [5.74, 6) is -4.30. The van der Waals surface area contributed by atoms with Gasteiger partial charge in [-0.15, -0.1) is 0 Å². The van der Waals surface area contributed by atoms with Crippen LogP contribution in [0.3, 0.4) is 0 Å². The van der Waals surface area contributed by atoms with Crippen LogP contribution >= 0.6 is 0 Å². The highest BCUT2D eigenvalue weighted by Crippen LogP contribution is 2.12. The molecule has 0 aromatic carbocycles. The summed E-state index contributed by atoms with van der Waals surface area (Å²) >= 11 is 0. The highest BCUT2D eigenvalue weighted by atomic mass is 16.5. The average molecular weight is 834 g/mol. The minimum atomic E-state index is -1.23. The lowest BCUT2D eigenvalue weighted by Crippen LogP contribution is -2.55. The van der Waals surface area contributed by atoms with Crippen LogP contribution < -0.4 is 16.0 Å². The first-order valence-electron chi connectivity index (χ1n) is 20.4. The lowest BCUT2D eigenvalue weighted by Gasteiger charge is -2.27. The summed E-state index contributed by atoms with van der Waals surface area (Å²) < 4.78 is 5.04. The molecule has 59 heavy (non-hydrogen) atoms. The Morgan fingerprint density at radius 3 is 1.78 bits per heavy atom. The lowest BCUT2D eigenvalue weighted by atomic mass is 9.98. The maximum Gasteiger partial charge on any atom is 0.334 e. The van der Waals surface area contributed by atoms with Gasteiger partial charge in [0.2, 0.25) is 23.6 Å². The third-order valence-electron chi connectivity index (χ3n) is 7.87. The molecule has 0 rings (SSSR count). The van der Waals surface area contributed by atoms with Crippen molar-refractivity contribution in [2.45, 2.75) is 135 Å². The van der Waals surface area contributed by atoms with Crippen molar-refractivity contribution in [2.75, 3.05) is 33.8 Å². The molecule has 0 aromatic rings. The Labute approximate surface area is 356 Å². The zero-order valence-electron chi connectivity index (χ0n) is 39.3. The van der Waals surface area contributed by atoms with E-state index in [4.69, 9.17) is 9.84 Å². The molecule has 0 spiro atoms. The molecule has 4 N–H and O–H groups in total. The van der Waals surface area contributed by atoms with Crippen molar-refractivity contribution in [3.05, 3.63) is 59.8 Å². The number of likely N-dealkylation sites (N-methyl/N-ethyl adjacent to an activating group) is 2. The molecule has 0 aliphatic rings. The second-order valence-electron chi connectivity index (χ2n) is 14.9. The molecule has 5 amide bonds. The Morgan fingerprint density at radius 2 is 1.34 bits per heavy atom. The van der Waals surface area contributed by atoms with Crippen LogP contribution in [0.4, 0.5) is 0 Å². The van der Waals surface area contributed by atoms with E-state index in [9.17, 15) is 33.6 Å². The third kappa shape index (κ3) is 32.6. The number of hydrogen-bond acceptors (Lipinski definition) is 8. The van der Waals surface area contributed by atoms with Crippen molar-refractivity contribution in [2.24, 2.45) is 17.8 Å². The van der Waals surface area contributed by atoms with Crippen LogP contribution in [0.1, 0.15) is 117 Å². The van der Waals surface area contributed by atoms with Gasteiger partial charge in [0.1, 0.15) is 18.1 Å². The van der Waals surface area contributed by atoms with Gasteiger partial charge in [-0.1, -0.05) is 116 Å². The number of carboxylic acid groups (broad SMARTS) is 1. The molecular formula is C45H79N5O9. The van der Waals surface area contributed by atoms with Gasteiger partial charge in [0.25, 0.3) is 5.91 Å². The minimum absolute atomic E-state index is 0.286. The minimum Gasteiger partial charge on any atom is -0.480 e. The molecule has 0 aliphatic carbocycles. The van der Waals surface area contributed by atoms with E-state index < -0.39 is 79.3 Å². The summed E-state index contributed by atoms with van der Waals surface area (Å²) in [4.78, 5) is 88.6. The van der Waals surface area contributed by atoms with Crippen molar-refractivity contribution < 1.29 is 43.4 Å². The smallest absolute Gasteiger partial charge is 0.334 e. The van der Waals surface area contributed by atoms with Gasteiger partial charge in [0, 0.05) is 19.7 Å². The zero-order chi connectivity index (χ0) is 47.0. The first kappa shape index (κ1) is 60.7. The molecule has 5 atom stereocenters. The molecule has 0 aliphatic heterocycles. The lowest BCUT2D eigenvalue weighted by molar-refractivity contribution is -0.146. The van der Waals surface area contributed by atoms with E-state index in [-0.39, 0.29) is 11.8 Å². The number of rotatable bonds is 20. The molecule has 14 nitrogen and oxygen atoms in total. The summed E-state index contributed by atoms with van der Waals surface area (Å²) in [6.07, 6.45) is 12.7. The average Bonchev–Trinajstić information content (AvgIpc) is 3.15. The highest BCUT2D eigenvalue weighted by Gasteiger charge is 2.29. The summed E-state index contributed by atoms with van der Waals surface area (Å²) in [5.41, 5.74) is 2.67. The summed E-state index contributed by atoms with van der Waals surface area (Å²) in [7, 11) is 2.70. The molecule has 0 saturated carbocycles. The first-order valence-corrected chi connectivity index (χ1v) is 20.4. The van der Waals surface area contributed by atoms with Gasteiger partial charge in [-0.25, -0.2) is 4.79 Å². The van der Waals surface area contributed by atoms with Crippen LogP contribution in [0, 0.1) is 17.8 Å². The Morgan fingerprint density at radius 1 is 0.797 bits per heavy atom. The molecule has 0 aromatic heterocycles. The second kappa shape index (κ2) is 35.0. The second-order valence-corrected chi connectivity index (χ2v) is 14.9. The van der Waals surface area contributed by atoms with Gasteiger partial charge in [-0.3, -0.25) is 28.8 Å². The molecule has 0 bridgehead atoms. The number of carboxylic acids is 1. The Balaban J connectivity index is -0.00000110. The third-order valence-corrected chi connectivity index (χ3v) is 7.87. The Bertz CT molecular complexity index is 1450. The fourth-order valence-electron chi connectivity index (χ4n) is 4.35. The fraction of sp³-hybridized carbons (Fsp3) is 0.622. The van der Waals surface area contributed by atoms with E-state index in [2.05, 4.69) is 50.2 Å². The number of allylic oxidation sites excluding steroid dienone is 8. The maximum absolute atomic E-state index is 12.8. The van der Waals surface area contributed by atoms with E-state index in [1.807, 2.05) is 72.8 Å². The largest absolute Gasteiger partial charge is 0.480 e. The predicted octanol–water partition coefficient (Wildman–Crippen LogP) is 6.39. The molecular weight excluding hydrogens is 755 g/mol. The monoisotopic (exact) mass is 834 g/mol. The number of nitrogens with one attached hydrogen (secondary N) is 3. The quantitative estimate of drug-likeness (QED) is 0.0466. The molecule has 4 unspecified atom stereocenters. The zero-order valence-corrected chi connectivity index (χ0v) is 39.3. The van der Waals surface area contributed by atoms with Gasteiger partial charge in [0.15, 0.2) is 6.61 Å². The van der Waals surface area contributed by atoms with E-state index in [0.717, 1.165) is 27.7 Å². The Hall–Kier alpha value is -5.01. The number of nitrogens with zero attached hydrogens (tertiary/aromatic N) is 2. The molecule has 14 heteroatoms. The normalized spacial score (nSPS) is 13.7. The van der Waals surface area contributed by atoms with E-state index in [0.29, 0.717) is 12.0 Å². The van der Waals surface area contributed by atoms with Crippen LogP contribution in [0.5, 0.6) is 0 Å². The van der Waals surface area contributed by atoms with Crippen molar-refractivity contribution in [3.63, 3.8) is 0 Å². The number of amides is 5. The molecule has 338 valence electrons. The Kier molecular flexibility index (Phi) is 36.0. The van der Waals surface area contributed by atoms with E-state index in [1.165, 1.54) is 33.5 Å². The highest BCUT2D eigenvalue weighted by molar-refractivity contribution is 5.94. The van der Waals surface area contributed by atoms with Crippen LogP contribution in [0.25, 0.3) is 0 Å². The van der Waals surface area contributed by atoms with Crippen molar-refractivity contribution in [3.8, 4) is 0 Å².